The number of aliphatic hydroxyl groups is 1. The average Bonchev–Trinajstić information content (AvgIpc) is 3.40. The smallest absolute Gasteiger partial charge is 0.300 e. The maximum atomic E-state index is 13.0. The van der Waals surface area contributed by atoms with Crippen LogP contribution in [0.15, 0.2) is 70.9 Å². The van der Waals surface area contributed by atoms with E-state index in [9.17, 15) is 14.7 Å². The number of halogens is 1. The highest BCUT2D eigenvalue weighted by Gasteiger charge is 2.48. The van der Waals surface area contributed by atoms with E-state index in [4.69, 9.17) is 25.5 Å². The molecule has 3 aromatic rings. The molecule has 1 fully saturated rings. The summed E-state index contributed by atoms with van der Waals surface area (Å²) in [5.41, 5.74) is 0.628. The molecule has 0 bridgehead atoms. The fraction of sp³-hybridized carbons (Fsp3) is 0.130. The summed E-state index contributed by atoms with van der Waals surface area (Å²) in [6, 6.07) is 13.6. The molecular formula is C23H18ClNO6. The van der Waals surface area contributed by atoms with Gasteiger partial charge in [0.1, 0.15) is 29.1 Å². The van der Waals surface area contributed by atoms with Gasteiger partial charge in [-0.25, -0.2) is 0 Å². The number of carbonyl (C=O) groups excluding carboxylic acids is 2. The lowest BCUT2D eigenvalue weighted by Gasteiger charge is -2.23. The van der Waals surface area contributed by atoms with Crippen LogP contribution in [0.3, 0.4) is 0 Å². The molecule has 8 heteroatoms. The number of hydrogen-bond donors (Lipinski definition) is 1. The monoisotopic (exact) mass is 439 g/mol. The first-order valence-corrected chi connectivity index (χ1v) is 9.66. The van der Waals surface area contributed by atoms with Crippen molar-refractivity contribution < 1.29 is 28.6 Å². The molecule has 158 valence electrons. The molecule has 0 aliphatic carbocycles. The van der Waals surface area contributed by atoms with E-state index in [2.05, 4.69) is 0 Å². The first-order valence-electron chi connectivity index (χ1n) is 9.28. The second-order valence-corrected chi connectivity index (χ2v) is 7.14. The molecule has 1 amide bonds. The van der Waals surface area contributed by atoms with Crippen LogP contribution in [0.4, 0.5) is 5.69 Å². The van der Waals surface area contributed by atoms with Crippen LogP contribution in [-0.4, -0.2) is 31.0 Å². The Hall–Kier alpha value is -3.71. The van der Waals surface area contributed by atoms with Gasteiger partial charge in [-0.15, -0.1) is 0 Å². The van der Waals surface area contributed by atoms with Crippen LogP contribution < -0.4 is 14.4 Å². The van der Waals surface area contributed by atoms with Crippen LogP contribution in [0.25, 0.3) is 5.76 Å². The number of methoxy groups -OCH3 is 2. The zero-order chi connectivity index (χ0) is 22.1. The zero-order valence-corrected chi connectivity index (χ0v) is 17.4. The van der Waals surface area contributed by atoms with Gasteiger partial charge in [-0.1, -0.05) is 11.6 Å². The van der Waals surface area contributed by atoms with Crippen LogP contribution in [0.2, 0.25) is 5.02 Å². The zero-order valence-electron chi connectivity index (χ0n) is 16.7. The molecule has 0 radical (unpaired) electrons. The van der Waals surface area contributed by atoms with Gasteiger partial charge in [-0.3, -0.25) is 14.5 Å². The lowest BCUT2D eigenvalue weighted by molar-refractivity contribution is -0.132. The highest BCUT2D eigenvalue weighted by molar-refractivity contribution is 6.51. The summed E-state index contributed by atoms with van der Waals surface area (Å²) in [5, 5.41) is 11.3. The number of aliphatic hydroxyl groups excluding tert-OH is 1. The molecule has 1 N–H and O–H groups in total. The van der Waals surface area contributed by atoms with Gasteiger partial charge in [-0.2, -0.15) is 0 Å². The first-order chi connectivity index (χ1) is 15.0. The normalized spacial score (nSPS) is 17.8. The van der Waals surface area contributed by atoms with Gasteiger partial charge in [0.05, 0.1) is 31.1 Å². The van der Waals surface area contributed by atoms with Crippen molar-refractivity contribution in [1.82, 2.24) is 0 Å². The van der Waals surface area contributed by atoms with E-state index in [-0.39, 0.29) is 21.9 Å². The van der Waals surface area contributed by atoms with E-state index in [1.165, 1.54) is 31.4 Å². The third-order valence-electron chi connectivity index (χ3n) is 5.03. The minimum Gasteiger partial charge on any atom is -0.507 e. The van der Waals surface area contributed by atoms with Crippen LogP contribution >= 0.6 is 11.6 Å². The molecule has 1 saturated heterocycles. The Morgan fingerprint density at radius 1 is 1.06 bits per heavy atom. The quantitative estimate of drug-likeness (QED) is 0.355. The van der Waals surface area contributed by atoms with Crippen molar-refractivity contribution in [2.45, 2.75) is 6.04 Å². The number of carbonyl (C=O) groups is 2. The second kappa shape index (κ2) is 8.20. The van der Waals surface area contributed by atoms with Gasteiger partial charge in [-0.05, 0) is 54.6 Å². The first kappa shape index (κ1) is 20.6. The van der Waals surface area contributed by atoms with Crippen LogP contribution in [0, 0.1) is 0 Å². The van der Waals surface area contributed by atoms with E-state index in [1.54, 1.807) is 48.5 Å². The second-order valence-electron chi connectivity index (χ2n) is 6.73. The van der Waals surface area contributed by atoms with Gasteiger partial charge in [0, 0.05) is 11.3 Å². The van der Waals surface area contributed by atoms with Crippen LogP contribution in [0.1, 0.15) is 17.4 Å². The van der Waals surface area contributed by atoms with Crippen molar-refractivity contribution in [2.75, 3.05) is 19.1 Å². The van der Waals surface area contributed by atoms with Gasteiger partial charge in [0.15, 0.2) is 0 Å². The van der Waals surface area contributed by atoms with Crippen molar-refractivity contribution >= 4 is 34.7 Å². The molecule has 1 atom stereocenters. The molecule has 1 aliphatic rings. The molecule has 31 heavy (non-hydrogen) atoms. The number of benzene rings is 2. The van der Waals surface area contributed by atoms with Crippen LogP contribution in [0.5, 0.6) is 11.5 Å². The summed E-state index contributed by atoms with van der Waals surface area (Å²) in [7, 11) is 3.00. The largest absolute Gasteiger partial charge is 0.507 e. The molecule has 2 aromatic carbocycles. The minimum absolute atomic E-state index is 0.1000. The van der Waals surface area contributed by atoms with E-state index >= 15 is 0 Å². The van der Waals surface area contributed by atoms with Gasteiger partial charge >= 0.3 is 0 Å². The molecular weight excluding hydrogens is 422 g/mol. The summed E-state index contributed by atoms with van der Waals surface area (Å²) in [6.07, 6.45) is 1.44. The topological polar surface area (TPSA) is 89.2 Å². The third-order valence-corrected chi connectivity index (χ3v) is 5.33. The number of ketones is 1. The average molecular weight is 440 g/mol. The summed E-state index contributed by atoms with van der Waals surface area (Å²) in [5.74, 6) is -0.631. The van der Waals surface area contributed by atoms with E-state index in [1.807, 2.05) is 0 Å². The number of ether oxygens (including phenoxy) is 2. The number of amides is 1. The van der Waals surface area contributed by atoms with Crippen molar-refractivity contribution in [3.8, 4) is 11.5 Å². The van der Waals surface area contributed by atoms with Crippen LogP contribution in [-0.2, 0) is 9.59 Å². The Labute approximate surface area is 183 Å². The molecule has 1 aliphatic heterocycles. The lowest BCUT2D eigenvalue weighted by atomic mass is 9.99. The van der Waals surface area contributed by atoms with Crippen molar-refractivity contribution in [1.29, 1.82) is 0 Å². The van der Waals surface area contributed by atoms with E-state index in [0.29, 0.717) is 22.9 Å². The Morgan fingerprint density at radius 2 is 1.81 bits per heavy atom. The Morgan fingerprint density at radius 3 is 2.39 bits per heavy atom. The summed E-state index contributed by atoms with van der Waals surface area (Å²) in [6.45, 7) is 0. The highest BCUT2D eigenvalue weighted by Crippen LogP contribution is 2.43. The van der Waals surface area contributed by atoms with Gasteiger partial charge in [0.25, 0.3) is 11.7 Å². The number of hydrogen-bond acceptors (Lipinski definition) is 6. The maximum absolute atomic E-state index is 13.0. The summed E-state index contributed by atoms with van der Waals surface area (Å²) >= 11 is 6.18. The minimum atomic E-state index is -0.954. The fourth-order valence-electron chi connectivity index (χ4n) is 3.53. The van der Waals surface area contributed by atoms with Crippen molar-refractivity contribution in [2.24, 2.45) is 0 Å². The molecule has 2 heterocycles. The number of Topliss-reactive ketones (excluding diaryl/α,β-unsaturated/α-hetero) is 1. The molecule has 4 rings (SSSR count). The number of rotatable bonds is 5. The van der Waals surface area contributed by atoms with E-state index in [0.717, 1.165) is 0 Å². The van der Waals surface area contributed by atoms with Gasteiger partial charge in [0.2, 0.25) is 0 Å². The van der Waals surface area contributed by atoms with Gasteiger partial charge < -0.3 is 19.0 Å². The molecule has 1 unspecified atom stereocenters. The molecule has 0 spiro atoms. The Bertz CT molecular complexity index is 1170. The Kier molecular flexibility index (Phi) is 5.44. The number of furan rings is 1. The Balaban J connectivity index is 1.88. The van der Waals surface area contributed by atoms with E-state index < -0.39 is 17.7 Å². The molecule has 1 aromatic heterocycles. The summed E-state index contributed by atoms with van der Waals surface area (Å²) < 4.78 is 15.8. The number of nitrogens with zero attached hydrogens (tertiary/aromatic N) is 1. The third kappa shape index (κ3) is 3.53. The maximum Gasteiger partial charge on any atom is 0.300 e. The van der Waals surface area contributed by atoms with Crippen molar-refractivity contribution in [3.63, 3.8) is 0 Å². The molecule has 7 nitrogen and oxygen atoms in total. The summed E-state index contributed by atoms with van der Waals surface area (Å²) in [4.78, 5) is 27.3. The SMILES string of the molecule is COc1ccc(N2C(=O)C(=O)/C(=C(\O)c3ccc(OC)c(Cl)c3)C2c2ccco2)cc1. The predicted molar refractivity (Wildman–Crippen MR) is 114 cm³/mol. The number of anilines is 1. The predicted octanol–water partition coefficient (Wildman–Crippen LogP) is 4.58. The standard InChI is InChI=1S/C23H18ClNO6/c1-29-15-8-6-14(7-9-15)25-20(18-4-3-11-31-18)19(22(27)23(25)28)21(26)13-5-10-17(30-2)16(24)12-13/h3-12,20,26H,1-2H3/b21-19-. The van der Waals surface area contributed by atoms with Crippen molar-refractivity contribution in [3.05, 3.63) is 82.8 Å². The fourth-order valence-corrected chi connectivity index (χ4v) is 3.78. The highest BCUT2D eigenvalue weighted by atomic mass is 35.5. The molecule has 0 saturated carbocycles. The lowest BCUT2D eigenvalue weighted by Crippen LogP contribution is -2.29.